The Balaban J connectivity index is 2.33. The minimum Gasteiger partial charge on any atom is -0.481 e. The lowest BCUT2D eigenvalue weighted by atomic mass is 9.98. The zero-order valence-electron chi connectivity index (χ0n) is 5.97. The number of aliphatic carboxylic acids is 1. The summed E-state index contributed by atoms with van der Waals surface area (Å²) in [4.78, 5) is 11.6. The van der Waals surface area contributed by atoms with E-state index in [1.165, 1.54) is 4.90 Å². The van der Waals surface area contributed by atoms with E-state index in [2.05, 4.69) is 7.05 Å². The Labute approximate surface area is 60.6 Å². The maximum absolute atomic E-state index is 10.4. The van der Waals surface area contributed by atoms with Gasteiger partial charge in [-0.15, -0.1) is 0 Å². The normalized spacial score (nSPS) is 33.7. The van der Waals surface area contributed by atoms with Crippen molar-refractivity contribution in [3.05, 3.63) is 7.05 Å². The molecule has 0 aromatic rings. The van der Waals surface area contributed by atoms with Crippen LogP contribution in [0.25, 0.3) is 0 Å². The molecule has 0 aromatic heterocycles. The van der Waals surface area contributed by atoms with Crippen LogP contribution < -0.4 is 4.90 Å². The smallest absolute Gasteiger partial charge is 0.306 e. The summed E-state index contributed by atoms with van der Waals surface area (Å²) in [7, 11) is 3.82. The van der Waals surface area contributed by atoms with Crippen molar-refractivity contribution < 1.29 is 14.8 Å². The van der Waals surface area contributed by atoms with E-state index in [9.17, 15) is 4.79 Å². The van der Waals surface area contributed by atoms with Gasteiger partial charge >= 0.3 is 5.97 Å². The molecule has 0 amide bonds. The van der Waals surface area contributed by atoms with Crippen LogP contribution in [0.4, 0.5) is 0 Å². The molecule has 0 radical (unpaired) electrons. The number of likely N-dealkylation sites (tertiary alicyclic amines) is 1. The molecule has 0 aliphatic carbocycles. The van der Waals surface area contributed by atoms with Gasteiger partial charge in [0.05, 0.1) is 19.0 Å². The first kappa shape index (κ1) is 7.54. The van der Waals surface area contributed by atoms with Crippen LogP contribution in [-0.4, -0.2) is 24.2 Å². The van der Waals surface area contributed by atoms with Gasteiger partial charge < -0.3 is 10.0 Å². The fraction of sp³-hybridized carbons (Fsp3) is 0.714. The second-order valence-corrected chi connectivity index (χ2v) is 2.86. The van der Waals surface area contributed by atoms with E-state index >= 15 is 0 Å². The Morgan fingerprint density at radius 2 is 2.00 bits per heavy atom. The summed E-state index contributed by atoms with van der Waals surface area (Å²) in [6.45, 7) is 1.80. The molecule has 1 fully saturated rings. The molecule has 1 saturated heterocycles. The summed E-state index contributed by atoms with van der Waals surface area (Å²) in [6, 6.07) is 0. The highest BCUT2D eigenvalue weighted by molar-refractivity contribution is 5.69. The van der Waals surface area contributed by atoms with E-state index in [4.69, 9.17) is 5.11 Å². The van der Waals surface area contributed by atoms with E-state index in [0.717, 1.165) is 25.9 Å². The number of carboxylic acid groups (broad SMARTS) is 1. The van der Waals surface area contributed by atoms with Crippen molar-refractivity contribution in [3.8, 4) is 0 Å². The van der Waals surface area contributed by atoms with Crippen LogP contribution in [0.3, 0.4) is 0 Å². The van der Waals surface area contributed by atoms with Crippen molar-refractivity contribution in [1.82, 2.24) is 0 Å². The van der Waals surface area contributed by atoms with Gasteiger partial charge in [-0.3, -0.25) is 4.79 Å². The van der Waals surface area contributed by atoms with Gasteiger partial charge in [-0.05, 0) is 0 Å². The first-order valence-corrected chi connectivity index (χ1v) is 3.59. The third-order valence-electron chi connectivity index (χ3n) is 2.04. The highest BCUT2D eigenvalue weighted by Gasteiger charge is 2.22. The molecule has 0 bridgehead atoms. The van der Waals surface area contributed by atoms with Crippen LogP contribution in [0.2, 0.25) is 0 Å². The summed E-state index contributed by atoms with van der Waals surface area (Å²) < 4.78 is 0. The van der Waals surface area contributed by atoms with Crippen molar-refractivity contribution in [3.63, 3.8) is 0 Å². The Kier molecular flexibility index (Phi) is 2.27. The average molecular weight is 143 g/mol. The standard InChI is InChI=1S/C7H13NO2/c1-8-4-2-6(3-5-8)7(9)10/h6,8H,1-5H2,(H,9,10). The van der Waals surface area contributed by atoms with Crippen LogP contribution in [0.5, 0.6) is 0 Å². The molecule has 0 unspecified atom stereocenters. The van der Waals surface area contributed by atoms with Crippen LogP contribution >= 0.6 is 0 Å². The zero-order chi connectivity index (χ0) is 7.56. The molecule has 0 spiro atoms. The zero-order valence-corrected chi connectivity index (χ0v) is 5.97. The van der Waals surface area contributed by atoms with Crippen molar-refractivity contribution in [2.24, 2.45) is 5.92 Å². The van der Waals surface area contributed by atoms with Crippen molar-refractivity contribution in [2.75, 3.05) is 13.1 Å². The maximum atomic E-state index is 10.4. The molecule has 1 heterocycles. The maximum Gasteiger partial charge on any atom is 0.306 e. The predicted molar refractivity (Wildman–Crippen MR) is 36.4 cm³/mol. The number of piperidine rings is 1. The third kappa shape index (κ3) is 1.70. The summed E-state index contributed by atoms with van der Waals surface area (Å²) in [5.41, 5.74) is 0. The van der Waals surface area contributed by atoms with Gasteiger partial charge in [0.1, 0.15) is 0 Å². The number of nitrogens with one attached hydrogen (secondary N) is 1. The fourth-order valence-electron chi connectivity index (χ4n) is 1.27. The fourth-order valence-corrected chi connectivity index (χ4v) is 1.27. The minimum atomic E-state index is -0.646. The molecule has 0 aromatic carbocycles. The summed E-state index contributed by atoms with van der Waals surface area (Å²) in [5.74, 6) is -0.752. The summed E-state index contributed by atoms with van der Waals surface area (Å²) in [6.07, 6.45) is 1.57. The SMILES string of the molecule is [CH2-][NH+]1CCC(C(=O)O)CC1. The molecule has 0 saturated carbocycles. The largest absolute Gasteiger partial charge is 0.481 e. The van der Waals surface area contributed by atoms with Gasteiger partial charge in [-0.1, -0.05) is 0 Å². The molecule has 0 atom stereocenters. The number of quaternary nitrogens is 1. The molecule has 1 aliphatic heterocycles. The Morgan fingerprint density at radius 3 is 2.40 bits per heavy atom. The molecule has 10 heavy (non-hydrogen) atoms. The Hall–Kier alpha value is -0.570. The van der Waals surface area contributed by atoms with Crippen molar-refractivity contribution >= 4 is 5.97 Å². The second-order valence-electron chi connectivity index (χ2n) is 2.86. The Morgan fingerprint density at radius 1 is 1.50 bits per heavy atom. The number of hydrogen-bond acceptors (Lipinski definition) is 1. The molecular weight excluding hydrogens is 130 g/mol. The lowest BCUT2D eigenvalue weighted by molar-refractivity contribution is -0.860. The Bertz CT molecular complexity index is 128. The number of carboxylic acids is 1. The summed E-state index contributed by atoms with van der Waals surface area (Å²) >= 11 is 0. The molecule has 3 heteroatoms. The van der Waals surface area contributed by atoms with Crippen molar-refractivity contribution in [1.29, 1.82) is 0 Å². The van der Waals surface area contributed by atoms with Gasteiger partial charge in [0.15, 0.2) is 0 Å². The minimum absolute atomic E-state index is 0.106. The predicted octanol–water partition coefficient (Wildman–Crippen LogP) is -0.843. The molecular formula is C7H13NO2. The monoisotopic (exact) mass is 143 g/mol. The first-order valence-electron chi connectivity index (χ1n) is 3.59. The van der Waals surface area contributed by atoms with Gasteiger partial charge in [0.2, 0.25) is 0 Å². The number of hydrogen-bond donors (Lipinski definition) is 2. The topological polar surface area (TPSA) is 41.7 Å². The van der Waals surface area contributed by atoms with Gasteiger partial charge in [0, 0.05) is 12.8 Å². The summed E-state index contributed by atoms with van der Waals surface area (Å²) in [5, 5.41) is 8.59. The molecule has 3 nitrogen and oxygen atoms in total. The molecule has 58 valence electrons. The molecule has 1 rings (SSSR count). The second kappa shape index (κ2) is 3.01. The molecule has 2 N–H and O–H groups in total. The van der Waals surface area contributed by atoms with E-state index in [0.29, 0.717) is 0 Å². The highest BCUT2D eigenvalue weighted by atomic mass is 16.4. The lowest BCUT2D eigenvalue weighted by Gasteiger charge is -2.28. The lowest BCUT2D eigenvalue weighted by Crippen LogP contribution is -3.08. The van der Waals surface area contributed by atoms with E-state index in [1.807, 2.05) is 0 Å². The van der Waals surface area contributed by atoms with Crippen LogP contribution in [0.15, 0.2) is 0 Å². The number of rotatable bonds is 1. The third-order valence-corrected chi connectivity index (χ3v) is 2.04. The van der Waals surface area contributed by atoms with Gasteiger partial charge in [-0.25, -0.2) is 0 Å². The van der Waals surface area contributed by atoms with E-state index < -0.39 is 5.97 Å². The molecule has 1 aliphatic rings. The quantitative estimate of drug-likeness (QED) is 0.470. The van der Waals surface area contributed by atoms with Crippen LogP contribution in [0.1, 0.15) is 12.8 Å². The average Bonchev–Trinajstić information content (AvgIpc) is 1.88. The van der Waals surface area contributed by atoms with Crippen LogP contribution in [0, 0.1) is 13.0 Å². The van der Waals surface area contributed by atoms with Crippen LogP contribution in [-0.2, 0) is 4.79 Å². The van der Waals surface area contributed by atoms with Crippen molar-refractivity contribution in [2.45, 2.75) is 12.8 Å². The highest BCUT2D eigenvalue weighted by Crippen LogP contribution is 2.08. The van der Waals surface area contributed by atoms with Gasteiger partial charge in [0.25, 0.3) is 0 Å². The first-order chi connectivity index (χ1) is 4.70. The van der Waals surface area contributed by atoms with Gasteiger partial charge in [-0.2, -0.15) is 7.05 Å². The van der Waals surface area contributed by atoms with E-state index in [1.54, 1.807) is 0 Å². The van der Waals surface area contributed by atoms with E-state index in [-0.39, 0.29) is 5.92 Å². The number of carbonyl (C=O) groups is 1.